The zero-order valence-corrected chi connectivity index (χ0v) is 11.9. The van der Waals surface area contributed by atoms with Gasteiger partial charge in [0.25, 0.3) is 0 Å². The molecule has 0 aromatic heterocycles. The fraction of sp³-hybridized carbons (Fsp3) is 0.417. The summed E-state index contributed by atoms with van der Waals surface area (Å²) >= 11 is 0. The van der Waals surface area contributed by atoms with E-state index in [0.29, 0.717) is 10.5 Å². The van der Waals surface area contributed by atoms with Crippen LogP contribution < -0.4 is 0 Å². The minimum Gasteiger partial charge on any atom is -0.465 e. The Labute approximate surface area is 124 Å². The van der Waals surface area contributed by atoms with Crippen molar-refractivity contribution in [2.24, 2.45) is 0 Å². The number of hydrogen-bond donors (Lipinski definition) is 1. The summed E-state index contributed by atoms with van der Waals surface area (Å²) in [7, 11) is -5.87. The number of rotatable bonds is 2. The molecule has 1 amide bonds. The molecule has 2 rings (SSSR count). The Morgan fingerprint density at radius 2 is 1.86 bits per heavy atom. The average Bonchev–Trinajstić information content (AvgIpc) is 2.57. The van der Waals surface area contributed by atoms with Crippen molar-refractivity contribution < 1.29 is 35.7 Å². The third-order valence-corrected chi connectivity index (χ3v) is 4.28. The average molecular weight is 339 g/mol. The summed E-state index contributed by atoms with van der Waals surface area (Å²) in [6.07, 6.45) is -3.27. The van der Waals surface area contributed by atoms with Gasteiger partial charge in [-0.1, -0.05) is 24.3 Å². The van der Waals surface area contributed by atoms with Crippen molar-refractivity contribution in [3.63, 3.8) is 0 Å². The summed E-state index contributed by atoms with van der Waals surface area (Å²) in [4.78, 5) is 11.8. The Hall–Kier alpha value is -1.81. The van der Waals surface area contributed by atoms with Gasteiger partial charge in [0.15, 0.2) is 6.23 Å². The van der Waals surface area contributed by atoms with Gasteiger partial charge in [0, 0.05) is 0 Å². The monoisotopic (exact) mass is 339 g/mol. The number of nitrogens with zero attached hydrogens (tertiary/aromatic N) is 1. The molecular weight excluding hydrogens is 327 g/mol. The highest BCUT2D eigenvalue weighted by Crippen LogP contribution is 2.30. The van der Waals surface area contributed by atoms with Crippen LogP contribution in [0.15, 0.2) is 24.3 Å². The maximum atomic E-state index is 12.4. The van der Waals surface area contributed by atoms with Crippen molar-refractivity contribution in [3.05, 3.63) is 35.4 Å². The van der Waals surface area contributed by atoms with Crippen LogP contribution in [-0.2, 0) is 27.3 Å². The zero-order valence-electron chi connectivity index (χ0n) is 11.1. The van der Waals surface area contributed by atoms with Crippen molar-refractivity contribution in [1.82, 2.24) is 4.90 Å². The molecule has 1 aliphatic heterocycles. The van der Waals surface area contributed by atoms with E-state index in [9.17, 15) is 26.4 Å². The molecule has 1 heterocycles. The van der Waals surface area contributed by atoms with Crippen LogP contribution in [0.3, 0.4) is 0 Å². The molecule has 0 spiro atoms. The first-order valence-electron chi connectivity index (χ1n) is 6.18. The van der Waals surface area contributed by atoms with E-state index in [1.165, 1.54) is 0 Å². The summed E-state index contributed by atoms with van der Waals surface area (Å²) < 4.78 is 63.5. The Morgan fingerprint density at radius 3 is 2.41 bits per heavy atom. The molecule has 0 bridgehead atoms. The third kappa shape index (κ3) is 3.33. The smallest absolute Gasteiger partial charge is 0.465 e. The second kappa shape index (κ2) is 5.76. The van der Waals surface area contributed by atoms with Crippen LogP contribution in [0.5, 0.6) is 0 Å². The van der Waals surface area contributed by atoms with E-state index < -0.39 is 27.9 Å². The Bertz CT molecular complexity index is 674. The van der Waals surface area contributed by atoms with E-state index in [0.717, 1.165) is 5.56 Å². The lowest BCUT2D eigenvalue weighted by Crippen LogP contribution is -2.43. The van der Waals surface area contributed by atoms with Gasteiger partial charge < -0.3 is 5.11 Å². The van der Waals surface area contributed by atoms with Crippen LogP contribution in [-0.4, -0.2) is 36.3 Å². The lowest BCUT2D eigenvalue weighted by molar-refractivity contribution is -0.0665. The summed E-state index contributed by atoms with van der Waals surface area (Å²) in [5, 5.41) is 9.13. The molecule has 1 unspecified atom stereocenters. The molecule has 0 fully saturated rings. The molecule has 0 aliphatic carbocycles. The van der Waals surface area contributed by atoms with Crippen molar-refractivity contribution in [1.29, 1.82) is 0 Å². The predicted octanol–water partition coefficient (Wildman–Crippen LogP) is 2.31. The molecule has 122 valence electrons. The second-order valence-corrected chi connectivity index (χ2v) is 6.23. The van der Waals surface area contributed by atoms with Crippen molar-refractivity contribution in [2.75, 3.05) is 0 Å². The van der Waals surface area contributed by atoms with Crippen LogP contribution in [0.4, 0.5) is 18.0 Å². The minimum absolute atomic E-state index is 0.196. The fourth-order valence-corrected chi connectivity index (χ4v) is 2.77. The van der Waals surface area contributed by atoms with E-state index in [2.05, 4.69) is 4.18 Å². The first-order chi connectivity index (χ1) is 10.1. The van der Waals surface area contributed by atoms with E-state index in [-0.39, 0.29) is 19.4 Å². The number of carbonyl (C=O) groups is 1. The van der Waals surface area contributed by atoms with Crippen molar-refractivity contribution >= 4 is 16.2 Å². The van der Waals surface area contributed by atoms with Gasteiger partial charge in [0.05, 0.1) is 6.54 Å². The van der Waals surface area contributed by atoms with E-state index >= 15 is 0 Å². The molecular formula is C12H12F3NO5S. The topological polar surface area (TPSA) is 83.9 Å². The number of halogens is 3. The molecule has 22 heavy (non-hydrogen) atoms. The molecule has 1 atom stereocenters. The van der Waals surface area contributed by atoms with E-state index in [1.807, 2.05) is 0 Å². The highest BCUT2D eigenvalue weighted by molar-refractivity contribution is 7.87. The van der Waals surface area contributed by atoms with Crippen molar-refractivity contribution in [3.8, 4) is 0 Å². The zero-order chi connectivity index (χ0) is 16.5. The van der Waals surface area contributed by atoms with Crippen LogP contribution in [0, 0.1) is 0 Å². The van der Waals surface area contributed by atoms with Crippen LogP contribution >= 0.6 is 0 Å². The maximum absolute atomic E-state index is 12.4. The van der Waals surface area contributed by atoms with Gasteiger partial charge in [-0.25, -0.2) is 8.98 Å². The summed E-state index contributed by atoms with van der Waals surface area (Å²) in [5.41, 5.74) is -4.26. The first-order valence-corrected chi connectivity index (χ1v) is 7.58. The molecule has 1 aromatic rings. The number of fused-ring (bicyclic) bond motifs is 1. The van der Waals surface area contributed by atoms with E-state index in [1.54, 1.807) is 24.3 Å². The van der Waals surface area contributed by atoms with Gasteiger partial charge in [-0.05, 0) is 24.0 Å². The lowest BCUT2D eigenvalue weighted by Gasteiger charge is -2.26. The van der Waals surface area contributed by atoms with Crippen LogP contribution in [0.25, 0.3) is 0 Å². The number of alkyl halides is 3. The highest BCUT2D eigenvalue weighted by atomic mass is 32.2. The second-order valence-electron chi connectivity index (χ2n) is 4.67. The van der Waals surface area contributed by atoms with Gasteiger partial charge in [-0.2, -0.15) is 21.6 Å². The summed E-state index contributed by atoms with van der Waals surface area (Å²) in [6.45, 7) is -0.246. The maximum Gasteiger partial charge on any atom is 0.523 e. The third-order valence-electron chi connectivity index (χ3n) is 3.23. The summed E-state index contributed by atoms with van der Waals surface area (Å²) in [6, 6.07) is 6.70. The number of hydrogen-bond acceptors (Lipinski definition) is 4. The molecule has 0 radical (unpaired) electrons. The number of carboxylic acid groups (broad SMARTS) is 1. The lowest BCUT2D eigenvalue weighted by atomic mass is 10.0. The van der Waals surface area contributed by atoms with Gasteiger partial charge in [-0.3, -0.25) is 4.90 Å². The molecule has 1 aromatic carbocycles. The molecule has 0 saturated heterocycles. The quantitative estimate of drug-likeness (QED) is 0.660. The SMILES string of the molecule is O=C(O)N1Cc2ccccc2CCC1OS(=O)(=O)C(F)(F)F. The standard InChI is InChI=1S/C12H12F3NO5S/c13-12(14,15)22(19,20)21-10-6-5-8-3-1-2-4-9(8)7-16(10)11(17)18/h1-4,10H,5-7H2,(H,17,18). The molecule has 6 nitrogen and oxygen atoms in total. The largest absolute Gasteiger partial charge is 0.523 e. The van der Waals surface area contributed by atoms with Crippen molar-refractivity contribution in [2.45, 2.75) is 31.1 Å². The molecule has 10 heteroatoms. The number of amides is 1. The Morgan fingerprint density at radius 1 is 1.27 bits per heavy atom. The highest BCUT2D eigenvalue weighted by Gasteiger charge is 2.49. The van der Waals surface area contributed by atoms with Gasteiger partial charge >= 0.3 is 21.7 Å². The minimum atomic E-state index is -5.87. The fourth-order valence-electron chi connectivity index (χ4n) is 2.17. The normalized spacial score (nSPS) is 19.4. The Balaban J connectivity index is 2.30. The van der Waals surface area contributed by atoms with Gasteiger partial charge in [0.2, 0.25) is 0 Å². The number of aryl methyl sites for hydroxylation is 1. The number of benzene rings is 1. The summed E-state index contributed by atoms with van der Waals surface area (Å²) in [5.74, 6) is 0. The van der Waals surface area contributed by atoms with Gasteiger partial charge in [0.1, 0.15) is 0 Å². The Kier molecular flexibility index (Phi) is 4.34. The van der Waals surface area contributed by atoms with E-state index in [4.69, 9.17) is 5.11 Å². The van der Waals surface area contributed by atoms with Crippen LogP contribution in [0.1, 0.15) is 17.5 Å². The molecule has 1 aliphatic rings. The molecule has 0 saturated carbocycles. The van der Waals surface area contributed by atoms with Gasteiger partial charge in [-0.15, -0.1) is 0 Å². The molecule has 1 N–H and O–H groups in total. The first kappa shape index (κ1) is 16.6. The predicted molar refractivity (Wildman–Crippen MR) is 68.2 cm³/mol. The van der Waals surface area contributed by atoms with Crippen LogP contribution in [0.2, 0.25) is 0 Å².